The maximum Gasteiger partial charge on any atom is 0.333 e. The molecule has 0 unspecified atom stereocenters. The molecule has 10 aromatic rings. The molecule has 0 amide bonds. The Bertz CT molecular complexity index is 3210. The lowest BCUT2D eigenvalue weighted by molar-refractivity contribution is 1.18. The van der Waals surface area contributed by atoms with Crippen LogP contribution in [0.4, 0.5) is 17.1 Å². The van der Waals surface area contributed by atoms with Crippen molar-refractivity contribution in [2.75, 3.05) is 4.90 Å². The molecule has 0 saturated carbocycles. The summed E-state index contributed by atoms with van der Waals surface area (Å²) < 4.78 is 5.10. The van der Waals surface area contributed by atoms with E-state index in [1.807, 2.05) is 0 Å². The van der Waals surface area contributed by atoms with Gasteiger partial charge in [0.05, 0.1) is 16.7 Å². The van der Waals surface area contributed by atoms with Gasteiger partial charge >= 0.3 is 6.85 Å². The summed E-state index contributed by atoms with van der Waals surface area (Å²) in [6, 6.07) is 67.4. The van der Waals surface area contributed by atoms with Gasteiger partial charge in [0, 0.05) is 55.6 Å². The van der Waals surface area contributed by atoms with Crippen molar-refractivity contribution in [1.29, 1.82) is 0 Å². The van der Waals surface area contributed by atoms with E-state index in [2.05, 4.69) is 210 Å². The van der Waals surface area contributed by atoms with Crippen molar-refractivity contribution in [2.45, 2.75) is 13.8 Å². The van der Waals surface area contributed by atoms with Crippen molar-refractivity contribution in [3.05, 3.63) is 193 Å². The zero-order valence-electron chi connectivity index (χ0n) is 31.2. The number of fused-ring (bicyclic) bond motifs is 7. The van der Waals surface area contributed by atoms with Crippen molar-refractivity contribution in [3.8, 4) is 39.2 Å². The molecular formula is C52H36BN3. The van der Waals surface area contributed by atoms with Crippen LogP contribution in [0.2, 0.25) is 0 Å². The number of anilines is 3. The third-order valence-corrected chi connectivity index (χ3v) is 12.3. The number of rotatable bonds is 4. The minimum absolute atomic E-state index is 0.0249. The van der Waals surface area contributed by atoms with Crippen molar-refractivity contribution in [3.63, 3.8) is 0 Å². The van der Waals surface area contributed by atoms with Crippen molar-refractivity contribution in [2.24, 2.45) is 0 Å². The van der Waals surface area contributed by atoms with Crippen molar-refractivity contribution < 1.29 is 0 Å². The number of nitrogens with zero attached hydrogens (tertiary/aromatic N) is 3. The average molecular weight is 714 g/mol. The summed E-state index contributed by atoms with van der Waals surface area (Å²) in [4.78, 5) is 2.53. The lowest BCUT2D eigenvalue weighted by Crippen LogP contribution is -2.57. The van der Waals surface area contributed by atoms with Gasteiger partial charge in [-0.15, -0.1) is 0 Å². The van der Waals surface area contributed by atoms with Crippen molar-refractivity contribution in [1.82, 2.24) is 9.05 Å². The molecule has 4 heteroatoms. The van der Waals surface area contributed by atoms with Gasteiger partial charge in [-0.05, 0) is 95.1 Å². The van der Waals surface area contributed by atoms with Crippen LogP contribution in [-0.2, 0) is 0 Å². The summed E-state index contributed by atoms with van der Waals surface area (Å²) >= 11 is 0. The van der Waals surface area contributed by atoms with Crippen LogP contribution in [0.5, 0.6) is 0 Å². The summed E-state index contributed by atoms with van der Waals surface area (Å²) in [6.45, 7) is 4.46. The highest BCUT2D eigenvalue weighted by Crippen LogP contribution is 2.50. The predicted octanol–water partition coefficient (Wildman–Crippen LogP) is 12.1. The maximum absolute atomic E-state index is 2.69. The molecule has 4 heterocycles. The monoisotopic (exact) mass is 713 g/mol. The standard InChI is InChI=1S/C52H36BN3/c1-33-16-13-17-34(2)50(33)55-46-28-12-10-26-43(46)53-49-39(23-15-29-47(49)55)40-24-14-25-41-48(51(56(53)52(40)41)35-18-5-3-6-19-35)36-30-31-45-42(32-36)38-22-9-11-27-44(38)54(45)37-20-7-4-8-21-37/h3-32H,1-2H3. The highest BCUT2D eigenvalue weighted by molar-refractivity contribution is 6.89. The fourth-order valence-electron chi connectivity index (χ4n) is 10.1. The summed E-state index contributed by atoms with van der Waals surface area (Å²) in [5.74, 6) is 0. The van der Waals surface area contributed by atoms with E-state index in [1.165, 1.54) is 111 Å². The first-order valence-corrected chi connectivity index (χ1v) is 19.6. The van der Waals surface area contributed by atoms with E-state index in [0.29, 0.717) is 0 Å². The number of para-hydroxylation sites is 5. The molecule has 2 aliphatic rings. The van der Waals surface area contributed by atoms with Crippen LogP contribution in [-0.4, -0.2) is 15.9 Å². The molecule has 0 atom stereocenters. The molecule has 8 aromatic carbocycles. The molecule has 2 aromatic heterocycles. The second kappa shape index (κ2) is 11.7. The highest BCUT2D eigenvalue weighted by Gasteiger charge is 2.44. The van der Waals surface area contributed by atoms with E-state index in [1.54, 1.807) is 0 Å². The maximum atomic E-state index is 2.69. The molecule has 0 saturated heterocycles. The quantitative estimate of drug-likeness (QED) is 0.166. The Balaban J connectivity index is 1.20. The fourth-order valence-corrected chi connectivity index (χ4v) is 10.1. The normalized spacial score (nSPS) is 12.8. The Morgan fingerprint density at radius 2 is 1.11 bits per heavy atom. The fraction of sp³-hybridized carbons (Fsp3) is 0.0385. The van der Waals surface area contributed by atoms with E-state index in [-0.39, 0.29) is 6.85 Å². The van der Waals surface area contributed by atoms with Gasteiger partial charge in [0.1, 0.15) is 0 Å². The lowest BCUT2D eigenvalue weighted by Gasteiger charge is -2.41. The Labute approximate surface area is 326 Å². The molecule has 56 heavy (non-hydrogen) atoms. The van der Waals surface area contributed by atoms with Crippen LogP contribution < -0.4 is 15.8 Å². The number of benzene rings is 8. The molecule has 0 fully saturated rings. The van der Waals surface area contributed by atoms with Gasteiger partial charge in [-0.2, -0.15) is 0 Å². The van der Waals surface area contributed by atoms with E-state index >= 15 is 0 Å². The van der Waals surface area contributed by atoms with Gasteiger partial charge in [-0.3, -0.25) is 0 Å². The first kappa shape index (κ1) is 31.3. The first-order chi connectivity index (χ1) is 27.7. The molecule has 3 nitrogen and oxygen atoms in total. The largest absolute Gasteiger partial charge is 0.375 e. The second-order valence-electron chi connectivity index (χ2n) is 15.4. The second-order valence-corrected chi connectivity index (χ2v) is 15.4. The minimum atomic E-state index is -0.0249. The minimum Gasteiger partial charge on any atom is -0.375 e. The number of aromatic nitrogens is 2. The van der Waals surface area contributed by atoms with Gasteiger partial charge in [-0.1, -0.05) is 140 Å². The zero-order valence-corrected chi connectivity index (χ0v) is 31.2. The Hall–Kier alpha value is -7.04. The SMILES string of the molecule is Cc1cccc(C)c1N1c2ccccc2B2c3c(cccc31)-c1cccc3c(-c4ccc5c(c4)c4ccccc4n5-c4ccccc4)c(-c4ccccc4)n2c13. The number of hydrogen-bond acceptors (Lipinski definition) is 1. The van der Waals surface area contributed by atoms with Crippen LogP contribution in [0.3, 0.4) is 0 Å². The third kappa shape index (κ3) is 4.19. The molecule has 0 aliphatic carbocycles. The molecule has 0 spiro atoms. The average Bonchev–Trinajstić information content (AvgIpc) is 3.77. The lowest BCUT2D eigenvalue weighted by atomic mass is 9.45. The molecule has 0 radical (unpaired) electrons. The van der Waals surface area contributed by atoms with Gasteiger partial charge in [0.25, 0.3) is 0 Å². The van der Waals surface area contributed by atoms with Gasteiger partial charge in [-0.25, -0.2) is 0 Å². The molecule has 0 N–H and O–H groups in total. The van der Waals surface area contributed by atoms with Crippen LogP contribution in [0.1, 0.15) is 11.1 Å². The first-order valence-electron chi connectivity index (χ1n) is 19.6. The number of aryl methyl sites for hydroxylation is 2. The summed E-state index contributed by atoms with van der Waals surface area (Å²) in [5.41, 5.74) is 21.4. The Morgan fingerprint density at radius 1 is 0.464 bits per heavy atom. The topological polar surface area (TPSA) is 13.1 Å². The van der Waals surface area contributed by atoms with E-state index in [4.69, 9.17) is 0 Å². The summed E-state index contributed by atoms with van der Waals surface area (Å²) in [6.07, 6.45) is 0. The highest BCUT2D eigenvalue weighted by atomic mass is 15.2. The summed E-state index contributed by atoms with van der Waals surface area (Å²) in [7, 11) is 0. The van der Waals surface area contributed by atoms with Crippen LogP contribution >= 0.6 is 0 Å². The predicted molar refractivity (Wildman–Crippen MR) is 237 cm³/mol. The Morgan fingerprint density at radius 3 is 1.95 bits per heavy atom. The van der Waals surface area contributed by atoms with E-state index in [9.17, 15) is 0 Å². The number of hydrogen-bond donors (Lipinski definition) is 0. The van der Waals surface area contributed by atoms with Gasteiger partial charge in [0.15, 0.2) is 0 Å². The Kier molecular flexibility index (Phi) is 6.56. The molecule has 0 bridgehead atoms. The molecular weight excluding hydrogens is 677 g/mol. The zero-order chi connectivity index (χ0) is 37.1. The molecule has 2 aliphatic heterocycles. The third-order valence-electron chi connectivity index (χ3n) is 12.3. The molecule has 262 valence electrons. The molecule has 12 rings (SSSR count). The summed E-state index contributed by atoms with van der Waals surface area (Å²) in [5, 5.41) is 3.79. The van der Waals surface area contributed by atoms with Crippen molar-refractivity contribution >= 4 is 67.5 Å². The van der Waals surface area contributed by atoms with Crippen LogP contribution in [0.25, 0.3) is 71.9 Å². The van der Waals surface area contributed by atoms with Crippen LogP contribution in [0, 0.1) is 13.8 Å². The smallest absolute Gasteiger partial charge is 0.333 e. The van der Waals surface area contributed by atoms with E-state index < -0.39 is 0 Å². The van der Waals surface area contributed by atoms with E-state index in [0.717, 1.165) is 0 Å². The van der Waals surface area contributed by atoms with Gasteiger partial charge < -0.3 is 13.9 Å². The van der Waals surface area contributed by atoms with Gasteiger partial charge in [0.2, 0.25) is 0 Å². The van der Waals surface area contributed by atoms with Crippen LogP contribution in [0.15, 0.2) is 182 Å².